The number of hydrogen-bond donors (Lipinski definition) is 0. The van der Waals surface area contributed by atoms with Gasteiger partial charge >= 0.3 is 0 Å². The first-order chi connectivity index (χ1) is 53.6. The first-order valence-electron chi connectivity index (χ1n) is 44.7. The standard InChI is InChI=1S/C51H68O8.C47H92O8/c1-45(2,39-31-35-50(36-32-39,56-52-46(3,4)41-23-15-11-16-24-41)57-53-47(5,6)42-25-17-12-18-26-42)40-33-37-51(38-34-40,58-54-48(7,8)43-27-19-13-20-28-43)59-55-49(9,10)44-29-21-14-22-30-44;1-15-19-23-31-41(5,6)48-52-46(53-49-42(7,8)32-24-20-16-2)35-27-39(28-36-46)45(13,14)40-29-37-47(38-30-40,54-50-43(9,10)33-25-21-17-3)55-51-44(11,12)34-26-22-18-4/h11-30,39-40H,31-38H2,1-10H3;39-40H,15-38H2,1-14H3. The number of unbranched alkanes of at least 4 members (excludes halogenated alkanes) is 8. The highest BCUT2D eigenvalue weighted by Gasteiger charge is 2.54. The van der Waals surface area contributed by atoms with E-state index in [1.54, 1.807) is 0 Å². The molecule has 4 fully saturated rings. The van der Waals surface area contributed by atoms with Crippen LogP contribution in [-0.4, -0.2) is 45.6 Å². The topological polar surface area (TPSA) is 148 Å². The summed E-state index contributed by atoms with van der Waals surface area (Å²) in [4.78, 5) is 101. The van der Waals surface area contributed by atoms with Crippen molar-refractivity contribution in [3.05, 3.63) is 144 Å². The van der Waals surface area contributed by atoms with Gasteiger partial charge < -0.3 is 0 Å². The second-order valence-electron chi connectivity index (χ2n) is 40.1. The van der Waals surface area contributed by atoms with Crippen molar-refractivity contribution < 1.29 is 78.2 Å². The van der Waals surface area contributed by atoms with Gasteiger partial charge in [0.05, 0.1) is 22.4 Å². The molecule has 0 spiro atoms. The molecule has 16 heteroatoms. The average Bonchev–Trinajstić information content (AvgIpc) is 0.776. The molecule has 4 aromatic carbocycles. The van der Waals surface area contributed by atoms with Crippen molar-refractivity contribution in [2.45, 2.75) is 440 Å². The number of benzene rings is 4. The summed E-state index contributed by atoms with van der Waals surface area (Å²) in [6, 6.07) is 40.5. The molecule has 0 saturated heterocycles. The molecule has 0 N–H and O–H groups in total. The van der Waals surface area contributed by atoms with Crippen LogP contribution in [-0.2, 0) is 101 Å². The van der Waals surface area contributed by atoms with Crippen LogP contribution in [0.4, 0.5) is 0 Å². The van der Waals surface area contributed by atoms with Crippen LogP contribution in [0.3, 0.4) is 0 Å². The Bertz CT molecular complexity index is 2890. The molecule has 16 nitrogen and oxygen atoms in total. The maximum atomic E-state index is 6.42. The Balaban J connectivity index is 0.000000317. The molecule has 0 aromatic heterocycles. The van der Waals surface area contributed by atoms with Crippen molar-refractivity contribution in [1.82, 2.24) is 0 Å². The third-order valence-electron chi connectivity index (χ3n) is 25.9. The van der Waals surface area contributed by atoms with Gasteiger partial charge in [-0.1, -0.05) is 254 Å². The van der Waals surface area contributed by atoms with Crippen molar-refractivity contribution in [3.63, 3.8) is 0 Å². The Kier molecular flexibility index (Phi) is 36.8. The largest absolute Gasteiger partial charge is 0.234 e. The van der Waals surface area contributed by atoms with E-state index in [0.717, 1.165) is 151 Å². The molecule has 0 bridgehead atoms. The Morgan fingerprint density at radius 3 is 0.544 bits per heavy atom. The molecule has 4 aliphatic carbocycles. The lowest BCUT2D eigenvalue weighted by Crippen LogP contribution is -2.49. The Morgan fingerprint density at radius 1 is 0.228 bits per heavy atom. The highest BCUT2D eigenvalue weighted by Crippen LogP contribution is 2.56. The fraction of sp³-hybridized carbons (Fsp3) is 0.755. The van der Waals surface area contributed by atoms with E-state index in [2.05, 4.69) is 111 Å². The van der Waals surface area contributed by atoms with Crippen molar-refractivity contribution in [3.8, 4) is 0 Å². The minimum Gasteiger partial charge on any atom is -0.228 e. The van der Waals surface area contributed by atoms with Crippen molar-refractivity contribution >= 4 is 0 Å². The highest BCUT2D eigenvalue weighted by molar-refractivity contribution is 5.23. The molecule has 0 amide bonds. The fourth-order valence-corrected chi connectivity index (χ4v) is 17.0. The summed E-state index contributed by atoms with van der Waals surface area (Å²) in [5.41, 5.74) is -0.286. The van der Waals surface area contributed by atoms with Crippen LogP contribution in [0.2, 0.25) is 0 Å². The third-order valence-corrected chi connectivity index (χ3v) is 25.9. The van der Waals surface area contributed by atoms with Crippen LogP contribution >= 0.6 is 0 Å². The van der Waals surface area contributed by atoms with Gasteiger partial charge in [-0.15, -0.1) is 0 Å². The molecule has 4 saturated carbocycles. The predicted molar refractivity (Wildman–Crippen MR) is 454 cm³/mol. The van der Waals surface area contributed by atoms with E-state index in [9.17, 15) is 0 Å². The zero-order valence-electron chi connectivity index (χ0n) is 76.0. The predicted octanol–water partition coefficient (Wildman–Crippen LogP) is 28.3. The van der Waals surface area contributed by atoms with Gasteiger partial charge in [-0.2, -0.15) is 39.1 Å². The lowest BCUT2D eigenvalue weighted by Gasteiger charge is -2.50. The molecule has 4 aliphatic rings. The molecule has 0 radical (unpaired) electrons. The van der Waals surface area contributed by atoms with Crippen LogP contribution in [0.25, 0.3) is 0 Å². The van der Waals surface area contributed by atoms with Crippen LogP contribution in [0.1, 0.15) is 394 Å². The van der Waals surface area contributed by atoms with Crippen LogP contribution in [0, 0.1) is 34.5 Å². The molecule has 4 aromatic rings. The zero-order chi connectivity index (χ0) is 83.7. The van der Waals surface area contributed by atoms with Crippen molar-refractivity contribution in [2.75, 3.05) is 0 Å². The zero-order valence-corrected chi connectivity index (χ0v) is 76.0. The average molecular weight is 1590 g/mol. The van der Waals surface area contributed by atoms with E-state index in [4.69, 9.17) is 78.2 Å². The summed E-state index contributed by atoms with van der Waals surface area (Å²) in [7, 11) is 0. The third kappa shape index (κ3) is 29.8. The smallest absolute Gasteiger partial charge is 0.228 e. The summed E-state index contributed by atoms with van der Waals surface area (Å²) < 4.78 is 0. The van der Waals surface area contributed by atoms with Gasteiger partial charge in [-0.25, -0.2) is 39.1 Å². The van der Waals surface area contributed by atoms with E-state index < -0.39 is 68.0 Å². The van der Waals surface area contributed by atoms with Gasteiger partial charge in [0.1, 0.15) is 22.4 Å². The molecule has 648 valence electrons. The van der Waals surface area contributed by atoms with Crippen LogP contribution in [0.5, 0.6) is 0 Å². The monoisotopic (exact) mass is 1590 g/mol. The summed E-state index contributed by atoms with van der Waals surface area (Å²) in [5.74, 6) is -2.19. The van der Waals surface area contributed by atoms with Crippen molar-refractivity contribution in [1.29, 1.82) is 0 Å². The van der Waals surface area contributed by atoms with Crippen LogP contribution in [0.15, 0.2) is 121 Å². The summed E-state index contributed by atoms with van der Waals surface area (Å²) in [6.07, 6.45) is 30.5. The fourth-order valence-electron chi connectivity index (χ4n) is 17.0. The highest BCUT2D eigenvalue weighted by atomic mass is 17.3. The van der Waals surface area contributed by atoms with Gasteiger partial charge in [-0.3, -0.25) is 0 Å². The molecular formula is C98H160O16. The summed E-state index contributed by atoms with van der Waals surface area (Å²) in [5, 5.41) is 0. The van der Waals surface area contributed by atoms with Crippen molar-refractivity contribution in [2.24, 2.45) is 34.5 Å². The lowest BCUT2D eigenvalue weighted by atomic mass is 9.60. The van der Waals surface area contributed by atoms with Gasteiger partial charge in [0.15, 0.2) is 0 Å². The second kappa shape index (κ2) is 43.1. The van der Waals surface area contributed by atoms with Gasteiger partial charge in [-0.05, 0) is 245 Å². The molecular weight excluding hydrogens is 1430 g/mol. The molecule has 0 atom stereocenters. The first kappa shape index (κ1) is 97.4. The van der Waals surface area contributed by atoms with Gasteiger partial charge in [0, 0.05) is 51.4 Å². The number of rotatable bonds is 48. The maximum Gasteiger partial charge on any atom is 0.234 e. The van der Waals surface area contributed by atoms with Crippen LogP contribution < -0.4 is 0 Å². The van der Waals surface area contributed by atoms with E-state index in [-0.39, 0.29) is 10.8 Å². The Hall–Kier alpha value is -3.76. The Morgan fingerprint density at radius 2 is 0.386 bits per heavy atom. The Labute approximate surface area is 692 Å². The van der Waals surface area contributed by atoms with E-state index in [1.165, 1.54) is 51.4 Å². The van der Waals surface area contributed by atoms with Gasteiger partial charge in [0.25, 0.3) is 0 Å². The first-order valence-corrected chi connectivity index (χ1v) is 44.7. The molecule has 0 aliphatic heterocycles. The minimum absolute atomic E-state index is 0.000978. The normalized spacial score (nSPS) is 18.9. The number of hydrogen-bond acceptors (Lipinski definition) is 16. The molecule has 0 heterocycles. The molecule has 114 heavy (non-hydrogen) atoms. The molecule has 8 rings (SSSR count). The molecule has 0 unspecified atom stereocenters. The summed E-state index contributed by atoms with van der Waals surface area (Å²) >= 11 is 0. The lowest BCUT2D eigenvalue weighted by molar-refractivity contribution is -0.553. The van der Waals surface area contributed by atoms with E-state index in [0.29, 0.717) is 49.4 Å². The SMILES string of the molecule is CC(C)(OOC1(OOC(C)(C)c2ccccc2)CCC(C(C)(C)C2CCC(OOC(C)(C)c3ccccc3)(OOC(C)(C)c3ccccc3)CC2)CC1)c1ccccc1.CCCCCC(C)(C)OOC1(OOC(C)(C)CCCCC)CCC(C(C)(C)C2CCC(OOC(C)(C)CCCCC)(OOC(C)(C)CCCCC)CC2)CC1. The minimum atomic E-state index is -1.08. The van der Waals surface area contributed by atoms with E-state index >= 15 is 0 Å². The summed E-state index contributed by atoms with van der Waals surface area (Å²) in [6.45, 7) is 51.7. The van der Waals surface area contributed by atoms with E-state index in [1.807, 2.05) is 177 Å². The maximum absolute atomic E-state index is 6.42. The second-order valence-corrected chi connectivity index (χ2v) is 40.1. The van der Waals surface area contributed by atoms with Gasteiger partial charge in [0.2, 0.25) is 23.1 Å². The quantitative estimate of drug-likeness (QED) is 0.0179.